The first kappa shape index (κ1) is 8.48. The van der Waals surface area contributed by atoms with Crippen LogP contribution in [0.2, 0.25) is 0 Å². The third-order valence-corrected chi connectivity index (χ3v) is 3.77. The van der Waals surface area contributed by atoms with Gasteiger partial charge in [0.05, 0.1) is 0 Å². The van der Waals surface area contributed by atoms with Crippen molar-refractivity contribution in [1.82, 2.24) is 0 Å². The molecule has 0 saturated heterocycles. The van der Waals surface area contributed by atoms with Crippen molar-refractivity contribution in [1.29, 1.82) is 0 Å². The maximum absolute atomic E-state index is 4.20. The van der Waals surface area contributed by atoms with E-state index in [0.29, 0.717) is 0 Å². The summed E-state index contributed by atoms with van der Waals surface area (Å²) in [5.41, 5.74) is 0. The maximum atomic E-state index is 4.20. The Morgan fingerprint density at radius 3 is 1.71 bits per heavy atom. The summed E-state index contributed by atoms with van der Waals surface area (Å²) >= 11 is 12.6. The van der Waals surface area contributed by atoms with Gasteiger partial charge in [-0.3, -0.25) is 0 Å². The first-order valence-corrected chi connectivity index (χ1v) is 8.31. The molecule has 0 saturated carbocycles. The second-order valence-electron chi connectivity index (χ2n) is 1.52. The molecule has 0 aliphatic rings. The molecule has 7 heavy (non-hydrogen) atoms. The van der Waals surface area contributed by atoms with Crippen molar-refractivity contribution in [3.8, 4) is 0 Å². The zero-order valence-corrected chi connectivity index (χ0v) is 7.94. The van der Waals surface area contributed by atoms with Crippen molar-refractivity contribution in [2.24, 2.45) is 0 Å². The summed E-state index contributed by atoms with van der Waals surface area (Å²) in [5, 5.41) is 0. The number of hydrogen-bond acceptors (Lipinski definition) is 3. The molecule has 0 rings (SSSR count). The van der Waals surface area contributed by atoms with Crippen molar-refractivity contribution in [3.63, 3.8) is 0 Å². The second-order valence-corrected chi connectivity index (χ2v) is 13.6. The van der Waals surface area contributed by atoms with Crippen LogP contribution in [0, 0.1) is 0 Å². The summed E-state index contributed by atoms with van der Waals surface area (Å²) in [6.45, 7) is 2.12. The van der Waals surface area contributed by atoms with Gasteiger partial charge in [0.25, 0.3) is 0 Å². The summed E-state index contributed by atoms with van der Waals surface area (Å²) in [7, 11) is 0. The van der Waals surface area contributed by atoms with E-state index in [1.807, 2.05) is 0 Å². The predicted octanol–water partition coefficient (Wildman–Crippen LogP) is 2.68. The van der Waals surface area contributed by atoms with Crippen LogP contribution in [-0.4, -0.2) is 6.16 Å². The van der Waals surface area contributed by atoms with Gasteiger partial charge in [0.15, 0.2) is 0 Å². The standard InChI is InChI=1S/C3H11PS3/c1-2-3-4(5,6)7/h4-7H,2-3H2,1H3. The van der Waals surface area contributed by atoms with Gasteiger partial charge in [-0.05, 0) is 0 Å². The van der Waals surface area contributed by atoms with E-state index in [2.05, 4.69) is 43.7 Å². The van der Waals surface area contributed by atoms with Crippen LogP contribution >= 0.6 is 41.6 Å². The second kappa shape index (κ2) is 3.49. The number of thiol groups is 3. The molecule has 0 heterocycles. The zero-order valence-electron chi connectivity index (χ0n) is 4.26. The van der Waals surface area contributed by atoms with E-state index in [1.54, 1.807) is 0 Å². The monoisotopic (exact) mass is 174 g/mol. The van der Waals surface area contributed by atoms with Crippen LogP contribution < -0.4 is 0 Å². The third-order valence-electron chi connectivity index (χ3n) is 0.585. The summed E-state index contributed by atoms with van der Waals surface area (Å²) < 4.78 is 0. The van der Waals surface area contributed by atoms with Crippen LogP contribution in [0.15, 0.2) is 0 Å². The van der Waals surface area contributed by atoms with Gasteiger partial charge in [0, 0.05) is 0 Å². The molecule has 46 valence electrons. The minimum atomic E-state index is -1.57. The summed E-state index contributed by atoms with van der Waals surface area (Å²) in [4.78, 5) is -1.57. The van der Waals surface area contributed by atoms with Crippen LogP contribution in [0.3, 0.4) is 0 Å². The van der Waals surface area contributed by atoms with Crippen LogP contribution in [0.1, 0.15) is 13.3 Å². The number of hydrogen-bond donors (Lipinski definition) is 3. The van der Waals surface area contributed by atoms with Crippen molar-refractivity contribution in [2.75, 3.05) is 6.16 Å². The number of rotatable bonds is 2. The Morgan fingerprint density at radius 2 is 1.71 bits per heavy atom. The van der Waals surface area contributed by atoms with E-state index >= 15 is 0 Å². The van der Waals surface area contributed by atoms with Crippen LogP contribution in [-0.2, 0) is 0 Å². The van der Waals surface area contributed by atoms with Gasteiger partial charge in [-0.25, -0.2) is 0 Å². The molecule has 0 radical (unpaired) electrons. The van der Waals surface area contributed by atoms with E-state index in [9.17, 15) is 0 Å². The summed E-state index contributed by atoms with van der Waals surface area (Å²) in [6.07, 6.45) is 2.21. The van der Waals surface area contributed by atoms with Crippen LogP contribution in [0.4, 0.5) is 0 Å². The molecule has 0 fully saturated rings. The molecule has 0 aromatic carbocycles. The Labute approximate surface area is 61.3 Å². The van der Waals surface area contributed by atoms with Gasteiger partial charge in [0.1, 0.15) is 0 Å². The topological polar surface area (TPSA) is 0 Å². The molecule has 0 unspecified atom stereocenters. The van der Waals surface area contributed by atoms with Crippen molar-refractivity contribution in [2.45, 2.75) is 13.3 Å². The van der Waals surface area contributed by atoms with Gasteiger partial charge in [-0.2, -0.15) is 0 Å². The third kappa shape index (κ3) is 7.48. The molecule has 0 aromatic heterocycles. The van der Waals surface area contributed by atoms with Gasteiger partial charge in [-0.15, -0.1) is 0 Å². The van der Waals surface area contributed by atoms with Crippen molar-refractivity contribution in [3.05, 3.63) is 0 Å². The first-order valence-electron chi connectivity index (χ1n) is 2.23. The van der Waals surface area contributed by atoms with Crippen LogP contribution in [0.25, 0.3) is 0 Å². The quantitative estimate of drug-likeness (QED) is 0.416. The van der Waals surface area contributed by atoms with E-state index in [-0.39, 0.29) is 0 Å². The normalized spacial score (nSPS) is 14.3. The van der Waals surface area contributed by atoms with Gasteiger partial charge < -0.3 is 0 Å². The molecular formula is C3H11PS3. The van der Waals surface area contributed by atoms with Gasteiger partial charge >= 0.3 is 61.1 Å². The minimum absolute atomic E-state index is 1.07. The molecule has 0 amide bonds. The predicted molar refractivity (Wildman–Crippen MR) is 50.4 cm³/mol. The fraction of sp³-hybridized carbons (Fsp3) is 1.00. The molecule has 0 aliphatic heterocycles. The van der Waals surface area contributed by atoms with Gasteiger partial charge in [-0.1, -0.05) is 0 Å². The molecule has 0 aromatic rings. The average Bonchev–Trinajstić information content (AvgIpc) is 1.30. The van der Waals surface area contributed by atoms with Crippen molar-refractivity contribution >= 4 is 41.6 Å². The Hall–Kier alpha value is 1.48. The van der Waals surface area contributed by atoms with E-state index < -0.39 is 4.87 Å². The van der Waals surface area contributed by atoms with Crippen LogP contribution in [0.5, 0.6) is 0 Å². The molecule has 0 bridgehead atoms. The Kier molecular flexibility index (Phi) is 4.23. The summed E-state index contributed by atoms with van der Waals surface area (Å²) in [6, 6.07) is 0. The van der Waals surface area contributed by atoms with Gasteiger partial charge in [0.2, 0.25) is 0 Å². The molecule has 0 aliphatic carbocycles. The molecule has 0 atom stereocenters. The molecule has 0 nitrogen and oxygen atoms in total. The molecular weight excluding hydrogens is 163 g/mol. The SMILES string of the molecule is CCC[PH](S)(S)S. The fourth-order valence-electron chi connectivity index (χ4n) is 0.335. The van der Waals surface area contributed by atoms with E-state index in [4.69, 9.17) is 0 Å². The molecule has 0 spiro atoms. The Morgan fingerprint density at radius 1 is 1.29 bits per heavy atom. The Balaban J connectivity index is 3.15. The van der Waals surface area contributed by atoms with E-state index in [0.717, 1.165) is 12.6 Å². The average molecular weight is 174 g/mol. The summed E-state index contributed by atoms with van der Waals surface area (Å²) in [5.74, 6) is 0. The molecule has 0 N–H and O–H groups in total. The fourth-order valence-corrected chi connectivity index (χ4v) is 3.02. The Bertz CT molecular complexity index is 48.6. The van der Waals surface area contributed by atoms with Crippen molar-refractivity contribution < 1.29 is 0 Å². The molecule has 4 heteroatoms. The van der Waals surface area contributed by atoms with E-state index in [1.165, 1.54) is 0 Å². The first-order chi connectivity index (χ1) is 3.06. The zero-order chi connectivity index (χ0) is 5.91.